The van der Waals surface area contributed by atoms with Crippen molar-refractivity contribution in [3.63, 3.8) is 0 Å². The Balaban J connectivity index is 3.02. The fraction of sp³-hybridized carbons (Fsp3) is 0.333. The highest BCUT2D eigenvalue weighted by Crippen LogP contribution is 2.25. The summed E-state index contributed by atoms with van der Waals surface area (Å²) in [5.74, 6) is 0.645. The molecule has 0 atom stereocenters. The number of hydrogen-bond acceptors (Lipinski definition) is 4. The number of non-ortho nitro benzene ring substituents is 1. The largest absolute Gasteiger partial charge is 0.493 e. The molecular weight excluding hydrogens is 220 g/mol. The number of ether oxygens (including phenoxy) is 1. The molecule has 2 N–H and O–H groups in total. The Morgan fingerprint density at radius 1 is 1.53 bits per heavy atom. The molecule has 0 aromatic heterocycles. The van der Waals surface area contributed by atoms with E-state index >= 15 is 0 Å². The van der Waals surface area contributed by atoms with Crippen LogP contribution in [0, 0.1) is 10.1 Å². The third-order valence-corrected chi connectivity index (χ3v) is 2.13. The molecule has 0 aliphatic rings. The number of nitrogens with two attached hydrogens (primary N) is 1. The summed E-state index contributed by atoms with van der Waals surface area (Å²) in [6, 6.07) is 4.55. The summed E-state index contributed by atoms with van der Waals surface area (Å²) < 4.78 is 5.40. The van der Waals surface area contributed by atoms with Crippen molar-refractivity contribution in [2.45, 2.75) is 13.3 Å². The van der Waals surface area contributed by atoms with E-state index < -0.39 is 4.92 Å². The van der Waals surface area contributed by atoms with E-state index in [1.807, 2.05) is 13.0 Å². The van der Waals surface area contributed by atoms with Crippen LogP contribution in [-0.4, -0.2) is 18.1 Å². The van der Waals surface area contributed by atoms with Gasteiger partial charge in [0.15, 0.2) is 0 Å². The van der Waals surface area contributed by atoms with Crippen molar-refractivity contribution in [2.75, 3.05) is 13.2 Å². The molecule has 5 heteroatoms. The van der Waals surface area contributed by atoms with E-state index in [-0.39, 0.29) is 5.69 Å². The summed E-state index contributed by atoms with van der Waals surface area (Å²) in [6.07, 6.45) is 4.40. The first-order valence-corrected chi connectivity index (χ1v) is 5.47. The van der Waals surface area contributed by atoms with Crippen molar-refractivity contribution in [1.82, 2.24) is 0 Å². The molecule has 0 aliphatic carbocycles. The third-order valence-electron chi connectivity index (χ3n) is 2.13. The van der Waals surface area contributed by atoms with E-state index in [4.69, 9.17) is 10.5 Å². The van der Waals surface area contributed by atoms with Crippen molar-refractivity contribution in [2.24, 2.45) is 5.73 Å². The average Bonchev–Trinajstić information content (AvgIpc) is 2.31. The topological polar surface area (TPSA) is 78.4 Å². The zero-order chi connectivity index (χ0) is 12.7. The summed E-state index contributed by atoms with van der Waals surface area (Å²) >= 11 is 0. The van der Waals surface area contributed by atoms with E-state index in [2.05, 4.69) is 0 Å². The molecule has 0 fully saturated rings. The highest BCUT2D eigenvalue weighted by molar-refractivity contribution is 5.61. The second kappa shape index (κ2) is 6.65. The first-order valence-electron chi connectivity index (χ1n) is 5.47. The van der Waals surface area contributed by atoms with E-state index in [0.29, 0.717) is 24.5 Å². The van der Waals surface area contributed by atoms with Crippen molar-refractivity contribution in [1.29, 1.82) is 0 Å². The van der Waals surface area contributed by atoms with Crippen LogP contribution in [0.5, 0.6) is 5.75 Å². The van der Waals surface area contributed by atoms with Crippen LogP contribution in [0.4, 0.5) is 5.69 Å². The number of nitrogens with zero attached hydrogens (tertiary/aromatic N) is 1. The van der Waals surface area contributed by atoms with Gasteiger partial charge in [0, 0.05) is 17.7 Å². The second-order valence-corrected chi connectivity index (χ2v) is 3.39. The fourth-order valence-electron chi connectivity index (χ4n) is 1.37. The predicted molar refractivity (Wildman–Crippen MR) is 67.0 cm³/mol. The summed E-state index contributed by atoms with van der Waals surface area (Å²) in [6.45, 7) is 2.94. The van der Waals surface area contributed by atoms with Crippen molar-refractivity contribution < 1.29 is 9.66 Å². The van der Waals surface area contributed by atoms with Gasteiger partial charge in [0.1, 0.15) is 5.75 Å². The summed E-state index contributed by atoms with van der Waals surface area (Å²) in [5.41, 5.74) is 6.14. The van der Waals surface area contributed by atoms with Crippen LogP contribution in [0.25, 0.3) is 6.08 Å². The van der Waals surface area contributed by atoms with E-state index in [1.165, 1.54) is 12.1 Å². The Labute approximate surface area is 100 Å². The van der Waals surface area contributed by atoms with Gasteiger partial charge in [0.25, 0.3) is 5.69 Å². The quantitative estimate of drug-likeness (QED) is 0.607. The molecule has 0 heterocycles. The van der Waals surface area contributed by atoms with E-state index in [1.54, 1.807) is 12.1 Å². The van der Waals surface area contributed by atoms with Gasteiger partial charge in [-0.25, -0.2) is 0 Å². The molecule has 0 aliphatic heterocycles. The first-order chi connectivity index (χ1) is 8.19. The van der Waals surface area contributed by atoms with Crippen molar-refractivity contribution in [3.05, 3.63) is 40.0 Å². The second-order valence-electron chi connectivity index (χ2n) is 3.39. The minimum Gasteiger partial charge on any atom is -0.493 e. The van der Waals surface area contributed by atoms with Crippen LogP contribution in [-0.2, 0) is 0 Å². The lowest BCUT2D eigenvalue weighted by Crippen LogP contribution is -1.97. The summed E-state index contributed by atoms with van der Waals surface area (Å²) in [7, 11) is 0. The number of nitro benzene ring substituents is 1. The van der Waals surface area contributed by atoms with Gasteiger partial charge in [-0.15, -0.1) is 0 Å². The van der Waals surface area contributed by atoms with Crippen LogP contribution in [0.2, 0.25) is 0 Å². The lowest BCUT2D eigenvalue weighted by Gasteiger charge is -2.06. The smallest absolute Gasteiger partial charge is 0.270 e. The molecule has 1 aromatic rings. The Morgan fingerprint density at radius 3 is 2.88 bits per heavy atom. The van der Waals surface area contributed by atoms with Gasteiger partial charge < -0.3 is 10.5 Å². The standard InChI is InChI=1S/C12H16N2O3/c1-2-17-12-7-6-11(14(15)16)9-10(12)5-3-4-8-13/h3,5-7,9H,2,4,8,13H2,1H3. The fourth-order valence-corrected chi connectivity index (χ4v) is 1.37. The van der Waals surface area contributed by atoms with Gasteiger partial charge in [0.05, 0.1) is 11.5 Å². The van der Waals surface area contributed by atoms with Gasteiger partial charge in [0.2, 0.25) is 0 Å². The molecule has 0 bridgehead atoms. The SMILES string of the molecule is CCOc1ccc([N+](=O)[O-])cc1C=CCCN. The Kier molecular flexibility index (Phi) is 5.16. The molecule has 0 saturated carbocycles. The monoisotopic (exact) mass is 236 g/mol. The normalized spacial score (nSPS) is 10.7. The third kappa shape index (κ3) is 3.88. The minimum atomic E-state index is -0.421. The maximum absolute atomic E-state index is 10.7. The number of benzene rings is 1. The Hall–Kier alpha value is -1.88. The van der Waals surface area contributed by atoms with Crippen LogP contribution in [0.1, 0.15) is 18.9 Å². The molecule has 0 saturated heterocycles. The first kappa shape index (κ1) is 13.2. The maximum Gasteiger partial charge on any atom is 0.270 e. The van der Waals surface area contributed by atoms with Crippen LogP contribution >= 0.6 is 0 Å². The lowest BCUT2D eigenvalue weighted by molar-refractivity contribution is -0.384. The summed E-state index contributed by atoms with van der Waals surface area (Å²) in [4.78, 5) is 10.3. The van der Waals surface area contributed by atoms with Gasteiger partial charge in [-0.1, -0.05) is 12.2 Å². The lowest BCUT2D eigenvalue weighted by atomic mass is 10.1. The number of nitro groups is 1. The molecule has 0 unspecified atom stereocenters. The van der Waals surface area contributed by atoms with E-state index in [9.17, 15) is 10.1 Å². The molecule has 0 spiro atoms. The molecule has 1 aromatic carbocycles. The predicted octanol–water partition coefficient (Wildman–Crippen LogP) is 2.36. The molecular formula is C12H16N2O3. The number of rotatable bonds is 6. The zero-order valence-corrected chi connectivity index (χ0v) is 9.76. The summed E-state index contributed by atoms with van der Waals surface area (Å²) in [5, 5.41) is 10.7. The molecule has 5 nitrogen and oxygen atoms in total. The van der Waals surface area contributed by atoms with Crippen molar-refractivity contribution >= 4 is 11.8 Å². The maximum atomic E-state index is 10.7. The highest BCUT2D eigenvalue weighted by atomic mass is 16.6. The van der Waals surface area contributed by atoms with Crippen LogP contribution in [0.15, 0.2) is 24.3 Å². The Morgan fingerprint density at radius 2 is 2.29 bits per heavy atom. The molecule has 17 heavy (non-hydrogen) atoms. The van der Waals surface area contributed by atoms with Gasteiger partial charge >= 0.3 is 0 Å². The van der Waals surface area contributed by atoms with Gasteiger partial charge in [-0.05, 0) is 26.0 Å². The molecule has 0 amide bonds. The van der Waals surface area contributed by atoms with Crippen LogP contribution < -0.4 is 10.5 Å². The number of hydrogen-bond donors (Lipinski definition) is 1. The zero-order valence-electron chi connectivity index (χ0n) is 9.76. The van der Waals surface area contributed by atoms with Crippen molar-refractivity contribution in [3.8, 4) is 5.75 Å². The molecule has 92 valence electrons. The molecule has 1 rings (SSSR count). The van der Waals surface area contributed by atoms with Gasteiger partial charge in [-0.3, -0.25) is 10.1 Å². The highest BCUT2D eigenvalue weighted by Gasteiger charge is 2.09. The molecule has 0 radical (unpaired) electrons. The average molecular weight is 236 g/mol. The van der Waals surface area contributed by atoms with Gasteiger partial charge in [-0.2, -0.15) is 0 Å². The Bertz CT molecular complexity index is 416. The minimum absolute atomic E-state index is 0.0563. The van der Waals surface area contributed by atoms with E-state index in [0.717, 1.165) is 6.42 Å². The van der Waals surface area contributed by atoms with Crippen LogP contribution in [0.3, 0.4) is 0 Å².